The quantitative estimate of drug-likeness (QED) is 0.535. The summed E-state index contributed by atoms with van der Waals surface area (Å²) in [6.07, 6.45) is 3.55. The Hall–Kier alpha value is -3.20. The smallest absolute Gasteiger partial charge is 0.263 e. The highest BCUT2D eigenvalue weighted by Crippen LogP contribution is 2.09. The predicted molar refractivity (Wildman–Crippen MR) is 84.1 cm³/mol. The molecule has 3 N–H and O–H groups in total. The number of phenols is 1. The number of aromatic hydroxyl groups is 1. The Kier molecular flexibility index (Phi) is 5.83. The highest BCUT2D eigenvalue weighted by Gasteiger charge is 2.08. The molecule has 0 saturated heterocycles. The Labute approximate surface area is 134 Å². The third-order valence-electron chi connectivity index (χ3n) is 3.10. The molecule has 0 radical (unpaired) electrons. The molecule has 2 rings (SSSR count). The number of nitrogens with one attached hydrogen (secondary N) is 2. The molecule has 0 saturated carbocycles. The van der Waals surface area contributed by atoms with Gasteiger partial charge in [0.2, 0.25) is 0 Å². The second kappa shape index (κ2) is 8.29. The Bertz CT molecular complexity index is 698. The van der Waals surface area contributed by atoms with Crippen molar-refractivity contribution in [3.63, 3.8) is 0 Å². The summed E-state index contributed by atoms with van der Waals surface area (Å²) in [4.78, 5) is 11.9. The van der Waals surface area contributed by atoms with E-state index >= 15 is 0 Å². The van der Waals surface area contributed by atoms with Crippen molar-refractivity contribution < 1.29 is 14.3 Å². The summed E-state index contributed by atoms with van der Waals surface area (Å²) >= 11 is 0. The van der Waals surface area contributed by atoms with E-state index in [2.05, 4.69) is 10.6 Å². The molecule has 0 bridgehead atoms. The summed E-state index contributed by atoms with van der Waals surface area (Å²) in [6.45, 7) is 0.805. The number of nitriles is 1. The van der Waals surface area contributed by atoms with Crippen molar-refractivity contribution in [1.82, 2.24) is 10.6 Å². The first-order chi connectivity index (χ1) is 11.2. The van der Waals surface area contributed by atoms with Crippen molar-refractivity contribution in [2.24, 2.45) is 0 Å². The van der Waals surface area contributed by atoms with E-state index < -0.39 is 5.91 Å². The van der Waals surface area contributed by atoms with Crippen molar-refractivity contribution in [2.75, 3.05) is 6.54 Å². The zero-order valence-electron chi connectivity index (χ0n) is 12.5. The molecule has 23 heavy (non-hydrogen) atoms. The van der Waals surface area contributed by atoms with Gasteiger partial charge in [0.05, 0.1) is 12.8 Å². The van der Waals surface area contributed by atoms with E-state index in [-0.39, 0.29) is 11.3 Å². The fraction of sp³-hybridized carbons (Fsp3) is 0.176. The first-order valence-electron chi connectivity index (χ1n) is 7.11. The topological polar surface area (TPSA) is 98.3 Å². The molecule has 0 spiro atoms. The van der Waals surface area contributed by atoms with Crippen LogP contribution in [-0.4, -0.2) is 17.6 Å². The van der Waals surface area contributed by atoms with Gasteiger partial charge in [0.15, 0.2) is 0 Å². The van der Waals surface area contributed by atoms with Crippen LogP contribution in [0.3, 0.4) is 0 Å². The average molecular weight is 311 g/mol. The van der Waals surface area contributed by atoms with Gasteiger partial charge in [0.1, 0.15) is 23.2 Å². The molecular weight excluding hydrogens is 294 g/mol. The minimum Gasteiger partial charge on any atom is -0.508 e. The van der Waals surface area contributed by atoms with Crippen LogP contribution in [0.15, 0.2) is 58.9 Å². The van der Waals surface area contributed by atoms with Crippen molar-refractivity contribution in [3.8, 4) is 11.8 Å². The fourth-order valence-corrected chi connectivity index (χ4v) is 1.89. The van der Waals surface area contributed by atoms with E-state index in [1.54, 1.807) is 42.7 Å². The number of hydrogen-bond donors (Lipinski definition) is 3. The normalized spacial score (nSPS) is 10.8. The monoisotopic (exact) mass is 311 g/mol. The first-order valence-corrected chi connectivity index (χ1v) is 7.11. The van der Waals surface area contributed by atoms with E-state index in [0.29, 0.717) is 25.3 Å². The van der Waals surface area contributed by atoms with Crippen molar-refractivity contribution in [3.05, 3.63) is 65.8 Å². The SMILES string of the molecule is N#C/C(=C/NCc1ccco1)C(=O)NCCc1ccc(O)cc1. The number of carbonyl (C=O) groups excluding carboxylic acids is 1. The number of carbonyl (C=O) groups is 1. The highest BCUT2D eigenvalue weighted by molar-refractivity contribution is 5.97. The Morgan fingerprint density at radius 2 is 2.09 bits per heavy atom. The van der Waals surface area contributed by atoms with Gasteiger partial charge in [-0.05, 0) is 36.2 Å². The molecule has 6 nitrogen and oxygen atoms in total. The molecule has 118 valence electrons. The molecule has 6 heteroatoms. The lowest BCUT2D eigenvalue weighted by Gasteiger charge is -2.05. The summed E-state index contributed by atoms with van der Waals surface area (Å²) in [5.41, 5.74) is 0.990. The van der Waals surface area contributed by atoms with Crippen LogP contribution in [0.1, 0.15) is 11.3 Å². The molecule has 1 amide bonds. The molecule has 0 unspecified atom stereocenters. The Morgan fingerprint density at radius 1 is 1.30 bits per heavy atom. The maximum Gasteiger partial charge on any atom is 0.263 e. The summed E-state index contributed by atoms with van der Waals surface area (Å²) < 4.78 is 5.14. The van der Waals surface area contributed by atoms with Crippen molar-refractivity contribution in [2.45, 2.75) is 13.0 Å². The van der Waals surface area contributed by atoms with Crippen molar-refractivity contribution >= 4 is 5.91 Å². The van der Waals surface area contributed by atoms with Gasteiger partial charge in [-0.3, -0.25) is 4.79 Å². The number of amides is 1. The molecule has 0 aliphatic rings. The third-order valence-corrected chi connectivity index (χ3v) is 3.10. The maximum absolute atomic E-state index is 11.9. The van der Waals surface area contributed by atoms with Crippen LogP contribution in [-0.2, 0) is 17.8 Å². The van der Waals surface area contributed by atoms with Crippen LogP contribution in [0.5, 0.6) is 5.75 Å². The van der Waals surface area contributed by atoms with E-state index in [0.717, 1.165) is 5.56 Å². The van der Waals surface area contributed by atoms with Crippen LogP contribution in [0, 0.1) is 11.3 Å². The lowest BCUT2D eigenvalue weighted by atomic mass is 10.1. The number of rotatable bonds is 7. The first kappa shape index (κ1) is 16.2. The van der Waals surface area contributed by atoms with Crippen LogP contribution in [0.25, 0.3) is 0 Å². The molecule has 0 atom stereocenters. The molecule has 0 aliphatic carbocycles. The van der Waals surface area contributed by atoms with Gasteiger partial charge in [0, 0.05) is 12.7 Å². The molecule has 0 fully saturated rings. The van der Waals surface area contributed by atoms with E-state index in [1.807, 2.05) is 6.07 Å². The molecular formula is C17H17N3O3. The Balaban J connectivity index is 1.78. The van der Waals surface area contributed by atoms with E-state index in [9.17, 15) is 9.90 Å². The lowest BCUT2D eigenvalue weighted by molar-refractivity contribution is -0.117. The maximum atomic E-state index is 11.9. The number of furan rings is 1. The molecule has 1 aromatic heterocycles. The highest BCUT2D eigenvalue weighted by atomic mass is 16.3. The van der Waals surface area contributed by atoms with Gasteiger partial charge in [-0.1, -0.05) is 12.1 Å². The summed E-state index contributed by atoms with van der Waals surface area (Å²) in [7, 11) is 0. The number of benzene rings is 1. The van der Waals surface area contributed by atoms with Gasteiger partial charge in [-0.2, -0.15) is 5.26 Å². The second-order valence-electron chi connectivity index (χ2n) is 4.80. The zero-order chi connectivity index (χ0) is 16.5. The minimum atomic E-state index is -0.432. The third kappa shape index (κ3) is 5.25. The van der Waals surface area contributed by atoms with Gasteiger partial charge >= 0.3 is 0 Å². The predicted octanol–water partition coefficient (Wildman–Crippen LogP) is 1.84. The molecule has 0 aliphatic heterocycles. The van der Waals surface area contributed by atoms with Crippen LogP contribution >= 0.6 is 0 Å². The van der Waals surface area contributed by atoms with Crippen molar-refractivity contribution in [1.29, 1.82) is 5.26 Å². The van der Waals surface area contributed by atoms with Gasteiger partial charge in [0.25, 0.3) is 5.91 Å². The summed E-state index contributed by atoms with van der Waals surface area (Å²) in [5, 5.41) is 23.8. The van der Waals surface area contributed by atoms with E-state index in [1.165, 1.54) is 6.20 Å². The largest absolute Gasteiger partial charge is 0.508 e. The summed E-state index contributed by atoms with van der Waals surface area (Å²) in [6, 6.07) is 12.2. The van der Waals surface area contributed by atoms with Crippen LogP contribution in [0.2, 0.25) is 0 Å². The van der Waals surface area contributed by atoms with Crippen LogP contribution in [0.4, 0.5) is 0 Å². The number of hydrogen-bond acceptors (Lipinski definition) is 5. The van der Waals surface area contributed by atoms with Crippen LogP contribution < -0.4 is 10.6 Å². The zero-order valence-corrected chi connectivity index (χ0v) is 12.5. The molecule has 1 aromatic carbocycles. The number of nitrogens with zero attached hydrogens (tertiary/aromatic N) is 1. The summed E-state index contributed by atoms with van der Waals surface area (Å²) in [5.74, 6) is 0.486. The van der Waals surface area contributed by atoms with Gasteiger partial charge in [-0.25, -0.2) is 0 Å². The minimum absolute atomic E-state index is 0.00209. The molecule has 1 heterocycles. The molecule has 2 aromatic rings. The standard InChI is InChI=1S/C17H17N3O3/c18-10-14(11-19-12-16-2-1-9-23-16)17(22)20-8-7-13-3-5-15(21)6-4-13/h1-6,9,11,19,21H,7-8,12H2,(H,20,22)/b14-11-. The average Bonchev–Trinajstić information content (AvgIpc) is 3.06. The fourth-order valence-electron chi connectivity index (χ4n) is 1.89. The number of phenolic OH excluding ortho intramolecular Hbond substituents is 1. The van der Waals surface area contributed by atoms with E-state index in [4.69, 9.17) is 9.68 Å². The second-order valence-corrected chi connectivity index (χ2v) is 4.80. The Morgan fingerprint density at radius 3 is 2.74 bits per heavy atom. The van der Waals surface area contributed by atoms with Gasteiger partial charge in [-0.15, -0.1) is 0 Å². The lowest BCUT2D eigenvalue weighted by Crippen LogP contribution is -2.27. The van der Waals surface area contributed by atoms with Gasteiger partial charge < -0.3 is 20.2 Å².